The Morgan fingerprint density at radius 3 is 2.79 bits per heavy atom. The highest BCUT2D eigenvalue weighted by Crippen LogP contribution is 2.25. The van der Waals surface area contributed by atoms with Crippen molar-refractivity contribution in [3.05, 3.63) is 52.3 Å². The van der Waals surface area contributed by atoms with Gasteiger partial charge < -0.3 is 5.73 Å². The van der Waals surface area contributed by atoms with Crippen LogP contribution in [0.3, 0.4) is 0 Å². The van der Waals surface area contributed by atoms with Gasteiger partial charge in [-0.15, -0.1) is 0 Å². The standard InChI is InChI=1S/C14H15ClN4/c15-13-11-9-19(8-10-4-2-1-3-5-10)7-6-12(11)17-14(16)18-13/h1-5H,6-9H2,(H2,16,17,18). The molecule has 0 spiro atoms. The van der Waals surface area contributed by atoms with Crippen molar-refractivity contribution in [2.24, 2.45) is 0 Å². The molecule has 19 heavy (non-hydrogen) atoms. The smallest absolute Gasteiger partial charge is 0.221 e. The van der Waals surface area contributed by atoms with E-state index >= 15 is 0 Å². The van der Waals surface area contributed by atoms with Gasteiger partial charge in [0.15, 0.2) is 0 Å². The normalized spacial score (nSPS) is 15.2. The van der Waals surface area contributed by atoms with E-state index in [9.17, 15) is 0 Å². The number of rotatable bonds is 2. The number of fused-ring (bicyclic) bond motifs is 1. The van der Waals surface area contributed by atoms with Crippen molar-refractivity contribution in [2.75, 3.05) is 12.3 Å². The third-order valence-corrected chi connectivity index (χ3v) is 3.67. The average Bonchev–Trinajstić information content (AvgIpc) is 2.40. The number of hydrogen-bond donors (Lipinski definition) is 1. The molecule has 2 aromatic rings. The third kappa shape index (κ3) is 2.69. The molecule has 0 amide bonds. The molecule has 0 bridgehead atoms. The first-order chi connectivity index (χ1) is 9.22. The van der Waals surface area contributed by atoms with E-state index in [1.807, 2.05) is 6.07 Å². The summed E-state index contributed by atoms with van der Waals surface area (Å²) < 4.78 is 0. The van der Waals surface area contributed by atoms with Gasteiger partial charge in [0.1, 0.15) is 5.15 Å². The van der Waals surface area contributed by atoms with Gasteiger partial charge in [0.25, 0.3) is 0 Å². The number of hydrogen-bond acceptors (Lipinski definition) is 4. The Hall–Kier alpha value is -1.65. The fraction of sp³-hybridized carbons (Fsp3) is 0.286. The fourth-order valence-corrected chi connectivity index (χ4v) is 2.68. The van der Waals surface area contributed by atoms with Crippen LogP contribution >= 0.6 is 11.6 Å². The molecule has 0 saturated carbocycles. The van der Waals surface area contributed by atoms with E-state index in [2.05, 4.69) is 39.1 Å². The lowest BCUT2D eigenvalue weighted by Crippen LogP contribution is -2.31. The Morgan fingerprint density at radius 2 is 2.00 bits per heavy atom. The zero-order valence-electron chi connectivity index (χ0n) is 10.5. The monoisotopic (exact) mass is 274 g/mol. The van der Waals surface area contributed by atoms with Crippen LogP contribution in [0, 0.1) is 0 Å². The van der Waals surface area contributed by atoms with Crippen molar-refractivity contribution < 1.29 is 0 Å². The summed E-state index contributed by atoms with van der Waals surface area (Å²) in [4.78, 5) is 10.7. The van der Waals surface area contributed by atoms with Crippen molar-refractivity contribution in [2.45, 2.75) is 19.5 Å². The SMILES string of the molecule is Nc1nc(Cl)c2c(n1)CCN(Cc1ccccc1)C2. The molecule has 3 rings (SSSR count). The summed E-state index contributed by atoms with van der Waals surface area (Å²) >= 11 is 6.16. The van der Waals surface area contributed by atoms with Crippen LogP contribution in [0.4, 0.5) is 5.95 Å². The molecule has 1 aliphatic heterocycles. The highest BCUT2D eigenvalue weighted by Gasteiger charge is 2.21. The zero-order valence-corrected chi connectivity index (χ0v) is 11.3. The fourth-order valence-electron chi connectivity index (χ4n) is 2.42. The van der Waals surface area contributed by atoms with E-state index in [0.29, 0.717) is 5.15 Å². The lowest BCUT2D eigenvalue weighted by atomic mass is 10.1. The number of nitrogen functional groups attached to an aromatic ring is 1. The minimum atomic E-state index is 0.264. The summed E-state index contributed by atoms with van der Waals surface area (Å²) in [5, 5.41) is 0.486. The molecule has 4 nitrogen and oxygen atoms in total. The van der Waals surface area contributed by atoms with Gasteiger partial charge in [-0.1, -0.05) is 41.9 Å². The van der Waals surface area contributed by atoms with Crippen LogP contribution in [0.25, 0.3) is 0 Å². The highest BCUT2D eigenvalue weighted by atomic mass is 35.5. The number of aromatic nitrogens is 2. The summed E-state index contributed by atoms with van der Waals surface area (Å²) in [6.07, 6.45) is 0.870. The van der Waals surface area contributed by atoms with Gasteiger partial charge in [-0.05, 0) is 5.56 Å². The molecule has 5 heteroatoms. The first-order valence-corrected chi connectivity index (χ1v) is 6.67. The molecule has 0 saturated heterocycles. The number of halogens is 1. The minimum absolute atomic E-state index is 0.264. The van der Waals surface area contributed by atoms with Crippen LogP contribution < -0.4 is 5.73 Å². The van der Waals surface area contributed by atoms with Gasteiger partial charge in [0, 0.05) is 31.6 Å². The minimum Gasteiger partial charge on any atom is -0.368 e. The second-order valence-electron chi connectivity index (χ2n) is 4.74. The maximum atomic E-state index is 6.16. The van der Waals surface area contributed by atoms with Gasteiger partial charge in [-0.25, -0.2) is 9.97 Å². The maximum Gasteiger partial charge on any atom is 0.221 e. The molecule has 1 aromatic heterocycles. The van der Waals surface area contributed by atoms with E-state index in [1.165, 1.54) is 5.56 Å². The molecule has 2 heterocycles. The van der Waals surface area contributed by atoms with Crippen LogP contribution in [-0.4, -0.2) is 21.4 Å². The maximum absolute atomic E-state index is 6.16. The summed E-state index contributed by atoms with van der Waals surface area (Å²) in [6.45, 7) is 2.67. The first-order valence-electron chi connectivity index (χ1n) is 6.29. The first kappa shape index (κ1) is 12.4. The van der Waals surface area contributed by atoms with E-state index < -0.39 is 0 Å². The molecule has 0 atom stereocenters. The second kappa shape index (κ2) is 5.15. The average molecular weight is 275 g/mol. The zero-order chi connectivity index (χ0) is 13.2. The van der Waals surface area contributed by atoms with Crippen molar-refractivity contribution in [3.63, 3.8) is 0 Å². The van der Waals surface area contributed by atoms with Crippen molar-refractivity contribution in [1.82, 2.24) is 14.9 Å². The van der Waals surface area contributed by atoms with E-state index in [4.69, 9.17) is 17.3 Å². The molecule has 0 fully saturated rings. The Morgan fingerprint density at radius 1 is 1.21 bits per heavy atom. The summed E-state index contributed by atoms with van der Waals surface area (Å²) in [5.74, 6) is 0.264. The van der Waals surface area contributed by atoms with Crippen molar-refractivity contribution in [1.29, 1.82) is 0 Å². The summed E-state index contributed by atoms with van der Waals surface area (Å²) in [5.41, 5.74) is 8.92. The molecule has 0 aliphatic carbocycles. The molecule has 0 radical (unpaired) electrons. The Bertz CT molecular complexity index is 585. The van der Waals surface area contributed by atoms with Gasteiger partial charge >= 0.3 is 0 Å². The van der Waals surface area contributed by atoms with Gasteiger partial charge in [0.05, 0.1) is 5.69 Å². The van der Waals surface area contributed by atoms with Crippen LogP contribution in [0.1, 0.15) is 16.8 Å². The highest BCUT2D eigenvalue weighted by molar-refractivity contribution is 6.30. The topological polar surface area (TPSA) is 55.0 Å². The van der Waals surface area contributed by atoms with E-state index in [0.717, 1.165) is 37.3 Å². The van der Waals surface area contributed by atoms with E-state index in [-0.39, 0.29) is 5.95 Å². The van der Waals surface area contributed by atoms with Crippen LogP contribution in [0.5, 0.6) is 0 Å². The van der Waals surface area contributed by atoms with Gasteiger partial charge in [0.2, 0.25) is 5.95 Å². The number of nitrogens with two attached hydrogens (primary N) is 1. The molecule has 2 N–H and O–H groups in total. The predicted octanol–water partition coefficient (Wildman–Crippen LogP) is 2.27. The molecule has 1 aliphatic rings. The lowest BCUT2D eigenvalue weighted by molar-refractivity contribution is 0.243. The molecule has 1 aromatic carbocycles. The summed E-state index contributed by atoms with van der Waals surface area (Å²) in [7, 11) is 0. The Kier molecular flexibility index (Phi) is 3.36. The lowest BCUT2D eigenvalue weighted by Gasteiger charge is -2.28. The quantitative estimate of drug-likeness (QED) is 0.854. The van der Waals surface area contributed by atoms with Gasteiger partial charge in [-0.3, -0.25) is 4.90 Å². The second-order valence-corrected chi connectivity index (χ2v) is 5.10. The van der Waals surface area contributed by atoms with Crippen molar-refractivity contribution in [3.8, 4) is 0 Å². The number of benzene rings is 1. The van der Waals surface area contributed by atoms with E-state index in [1.54, 1.807) is 0 Å². The largest absolute Gasteiger partial charge is 0.368 e. The molecule has 0 unspecified atom stereocenters. The van der Waals surface area contributed by atoms with Crippen LogP contribution in [0.2, 0.25) is 5.15 Å². The van der Waals surface area contributed by atoms with Crippen LogP contribution in [0.15, 0.2) is 30.3 Å². The Balaban J connectivity index is 1.79. The predicted molar refractivity (Wildman–Crippen MR) is 75.7 cm³/mol. The molecular formula is C14H15ClN4. The Labute approximate surface area is 117 Å². The van der Waals surface area contributed by atoms with Crippen molar-refractivity contribution >= 4 is 17.5 Å². The summed E-state index contributed by atoms with van der Waals surface area (Å²) in [6, 6.07) is 10.4. The third-order valence-electron chi connectivity index (χ3n) is 3.36. The van der Waals surface area contributed by atoms with Crippen LogP contribution in [-0.2, 0) is 19.5 Å². The number of anilines is 1. The number of nitrogens with zero attached hydrogens (tertiary/aromatic N) is 3. The van der Waals surface area contributed by atoms with Gasteiger partial charge in [-0.2, -0.15) is 0 Å². The molecular weight excluding hydrogens is 260 g/mol. The molecule has 98 valence electrons.